The number of hydrogen-bond acceptors (Lipinski definition) is 6. The molecule has 1 amide bonds. The first-order chi connectivity index (χ1) is 11.2. The summed E-state index contributed by atoms with van der Waals surface area (Å²) in [6.45, 7) is 1.22. The van der Waals surface area contributed by atoms with Gasteiger partial charge in [-0.25, -0.2) is 0 Å². The van der Waals surface area contributed by atoms with Gasteiger partial charge in [0.15, 0.2) is 11.5 Å². The average molecular weight is 333 g/mol. The van der Waals surface area contributed by atoms with Gasteiger partial charge in [-0.3, -0.25) is 4.79 Å². The van der Waals surface area contributed by atoms with Crippen molar-refractivity contribution in [2.75, 3.05) is 25.1 Å². The number of nitrogens with two attached hydrogens (primary N) is 1. The lowest BCUT2D eigenvalue weighted by atomic mass is 10.2. The molecule has 1 aromatic heterocycles. The van der Waals surface area contributed by atoms with E-state index in [1.807, 2.05) is 30.5 Å². The average Bonchev–Trinajstić information content (AvgIpc) is 3.22. The minimum absolute atomic E-state index is 0.0773. The first-order valence-electron chi connectivity index (χ1n) is 7.44. The van der Waals surface area contributed by atoms with Crippen LogP contribution in [0.2, 0.25) is 0 Å². The molecular formula is C15H19N5O2S. The van der Waals surface area contributed by atoms with E-state index < -0.39 is 0 Å². The third-order valence-corrected chi connectivity index (χ3v) is 4.46. The maximum atomic E-state index is 12.2. The number of nitrogens with zero attached hydrogens (tertiary/aromatic N) is 3. The molecule has 1 aromatic carbocycles. The lowest BCUT2D eigenvalue weighted by Crippen LogP contribution is -2.32. The molecule has 23 heavy (non-hydrogen) atoms. The fraction of sp³-hybridized carbons (Fsp3) is 0.400. The minimum atomic E-state index is -0.328. The predicted molar refractivity (Wildman–Crippen MR) is 88.9 cm³/mol. The topological polar surface area (TPSA) is 95.1 Å². The predicted octanol–water partition coefficient (Wildman–Crippen LogP) is 1.48. The smallest absolute Gasteiger partial charge is 0.275 e. The molecule has 0 unspecified atom stereocenters. The van der Waals surface area contributed by atoms with Crippen molar-refractivity contribution < 1.29 is 9.53 Å². The summed E-state index contributed by atoms with van der Waals surface area (Å²) >= 11 is 1.62. The highest BCUT2D eigenvalue weighted by Crippen LogP contribution is 2.21. The Balaban J connectivity index is 1.74. The highest BCUT2D eigenvalue weighted by atomic mass is 32.2. The third kappa shape index (κ3) is 3.48. The molecule has 122 valence electrons. The Morgan fingerprint density at radius 1 is 1.57 bits per heavy atom. The quantitative estimate of drug-likeness (QED) is 0.805. The molecule has 1 saturated heterocycles. The van der Waals surface area contributed by atoms with Crippen LogP contribution in [0, 0.1) is 0 Å². The molecule has 0 spiro atoms. The number of carbonyl (C=O) groups is 1. The van der Waals surface area contributed by atoms with Crippen molar-refractivity contribution in [2.24, 2.45) is 0 Å². The van der Waals surface area contributed by atoms with Gasteiger partial charge in [0.25, 0.3) is 5.91 Å². The van der Waals surface area contributed by atoms with Gasteiger partial charge in [0.2, 0.25) is 0 Å². The summed E-state index contributed by atoms with van der Waals surface area (Å²) in [5.74, 6) is -0.0987. The van der Waals surface area contributed by atoms with Gasteiger partial charge < -0.3 is 15.8 Å². The van der Waals surface area contributed by atoms with Crippen molar-refractivity contribution >= 4 is 23.5 Å². The standard InChI is InChI=1S/C15H19N5O2S/c1-23-12-6-2-4-10(8-12)20-14(16)13(18-19-20)15(21)17-9-11-5-3-7-22-11/h2,4,6,8,11H,3,5,7,9,16H2,1H3,(H,17,21)/t11-/m1/s1. The molecule has 1 atom stereocenters. The summed E-state index contributed by atoms with van der Waals surface area (Å²) in [5.41, 5.74) is 6.97. The van der Waals surface area contributed by atoms with Gasteiger partial charge in [0.1, 0.15) is 0 Å². The fourth-order valence-corrected chi connectivity index (χ4v) is 2.93. The Morgan fingerprint density at radius 2 is 2.43 bits per heavy atom. The van der Waals surface area contributed by atoms with Crippen molar-refractivity contribution in [1.82, 2.24) is 20.3 Å². The summed E-state index contributed by atoms with van der Waals surface area (Å²) in [7, 11) is 0. The Morgan fingerprint density at radius 3 is 3.17 bits per heavy atom. The van der Waals surface area contributed by atoms with Gasteiger partial charge in [0, 0.05) is 18.0 Å². The molecule has 0 aliphatic carbocycles. The van der Waals surface area contributed by atoms with Crippen molar-refractivity contribution in [2.45, 2.75) is 23.8 Å². The lowest BCUT2D eigenvalue weighted by Gasteiger charge is -2.10. The number of thioether (sulfide) groups is 1. The van der Waals surface area contributed by atoms with E-state index in [4.69, 9.17) is 10.5 Å². The van der Waals surface area contributed by atoms with Crippen molar-refractivity contribution in [1.29, 1.82) is 0 Å². The van der Waals surface area contributed by atoms with Gasteiger partial charge in [-0.2, -0.15) is 4.68 Å². The van der Waals surface area contributed by atoms with Crippen LogP contribution in [0.25, 0.3) is 5.69 Å². The molecule has 1 aliphatic heterocycles. The van der Waals surface area contributed by atoms with Crippen molar-refractivity contribution in [3.8, 4) is 5.69 Å². The maximum absolute atomic E-state index is 12.2. The fourth-order valence-electron chi connectivity index (χ4n) is 2.48. The zero-order chi connectivity index (χ0) is 16.2. The number of ether oxygens (including phenoxy) is 1. The second-order valence-corrected chi connectivity index (χ2v) is 6.16. The number of aromatic nitrogens is 3. The molecule has 1 aliphatic rings. The van der Waals surface area contributed by atoms with E-state index in [1.165, 1.54) is 4.68 Å². The van der Waals surface area contributed by atoms with Gasteiger partial charge in [0.05, 0.1) is 11.8 Å². The lowest BCUT2D eigenvalue weighted by molar-refractivity contribution is 0.0854. The minimum Gasteiger partial charge on any atom is -0.382 e. The molecule has 1 fully saturated rings. The van der Waals surface area contributed by atoms with E-state index in [-0.39, 0.29) is 23.5 Å². The summed E-state index contributed by atoms with van der Waals surface area (Å²) in [5, 5.41) is 10.7. The Kier molecular flexibility index (Phi) is 4.82. The number of nitrogens with one attached hydrogen (secondary N) is 1. The first-order valence-corrected chi connectivity index (χ1v) is 8.67. The number of benzene rings is 1. The molecule has 2 aromatic rings. The molecule has 0 bridgehead atoms. The van der Waals surface area contributed by atoms with Crippen LogP contribution in [-0.4, -0.2) is 46.4 Å². The molecule has 2 heterocycles. The van der Waals surface area contributed by atoms with E-state index >= 15 is 0 Å². The Bertz CT molecular complexity index is 697. The molecule has 3 N–H and O–H groups in total. The third-order valence-electron chi connectivity index (χ3n) is 3.73. The monoisotopic (exact) mass is 333 g/mol. The number of nitrogen functional groups attached to an aromatic ring is 1. The summed E-state index contributed by atoms with van der Waals surface area (Å²) in [6, 6.07) is 7.73. The van der Waals surface area contributed by atoms with Crippen LogP contribution < -0.4 is 11.1 Å². The van der Waals surface area contributed by atoms with Crippen LogP contribution in [0.15, 0.2) is 29.2 Å². The number of anilines is 1. The molecule has 0 radical (unpaired) electrons. The zero-order valence-corrected chi connectivity index (χ0v) is 13.7. The van der Waals surface area contributed by atoms with E-state index in [0.29, 0.717) is 6.54 Å². The second-order valence-electron chi connectivity index (χ2n) is 5.28. The van der Waals surface area contributed by atoms with Gasteiger partial charge in [-0.05, 0) is 37.3 Å². The van der Waals surface area contributed by atoms with Crippen LogP contribution in [0.3, 0.4) is 0 Å². The van der Waals surface area contributed by atoms with Gasteiger partial charge in [-0.15, -0.1) is 16.9 Å². The summed E-state index contributed by atoms with van der Waals surface area (Å²) in [6.07, 6.45) is 4.07. The van der Waals surface area contributed by atoms with E-state index in [0.717, 1.165) is 30.0 Å². The number of carbonyl (C=O) groups excluding carboxylic acids is 1. The van der Waals surface area contributed by atoms with Crippen LogP contribution >= 0.6 is 11.8 Å². The van der Waals surface area contributed by atoms with E-state index in [1.54, 1.807) is 11.8 Å². The van der Waals surface area contributed by atoms with Crippen LogP contribution in [-0.2, 0) is 4.74 Å². The Labute approximate surface area is 138 Å². The van der Waals surface area contributed by atoms with Crippen molar-refractivity contribution in [3.63, 3.8) is 0 Å². The molecule has 3 rings (SSSR count). The van der Waals surface area contributed by atoms with Crippen molar-refractivity contribution in [3.05, 3.63) is 30.0 Å². The summed E-state index contributed by atoms with van der Waals surface area (Å²) < 4.78 is 6.95. The van der Waals surface area contributed by atoms with Gasteiger partial charge >= 0.3 is 0 Å². The molecule has 0 saturated carbocycles. The highest BCUT2D eigenvalue weighted by molar-refractivity contribution is 7.98. The van der Waals surface area contributed by atoms with E-state index in [9.17, 15) is 4.79 Å². The second kappa shape index (κ2) is 7.01. The van der Waals surface area contributed by atoms with E-state index in [2.05, 4.69) is 15.6 Å². The number of hydrogen-bond donors (Lipinski definition) is 2. The normalized spacial score (nSPS) is 17.3. The SMILES string of the molecule is CSc1cccc(-n2nnc(C(=O)NC[C@H]3CCCO3)c2N)c1. The maximum Gasteiger partial charge on any atom is 0.275 e. The molecular weight excluding hydrogens is 314 g/mol. The van der Waals surface area contributed by atoms with Crippen LogP contribution in [0.1, 0.15) is 23.3 Å². The summed E-state index contributed by atoms with van der Waals surface area (Å²) in [4.78, 5) is 13.3. The largest absolute Gasteiger partial charge is 0.382 e. The van der Waals surface area contributed by atoms with Crippen LogP contribution in [0.5, 0.6) is 0 Å². The van der Waals surface area contributed by atoms with Crippen LogP contribution in [0.4, 0.5) is 5.82 Å². The number of rotatable bonds is 5. The highest BCUT2D eigenvalue weighted by Gasteiger charge is 2.21. The zero-order valence-electron chi connectivity index (χ0n) is 12.9. The first kappa shape index (κ1) is 15.8. The Hall–Kier alpha value is -2.06. The van der Waals surface area contributed by atoms with Gasteiger partial charge in [-0.1, -0.05) is 11.3 Å². The number of amides is 1. The molecule has 7 nitrogen and oxygen atoms in total. The molecule has 8 heteroatoms.